The smallest absolute Gasteiger partial charge is 0.125 e. The Hall–Kier alpha value is -1.65. The minimum atomic E-state index is -0.313. The average molecular weight is 295 g/mol. The lowest BCUT2D eigenvalue weighted by atomic mass is 10.1. The van der Waals surface area contributed by atoms with Gasteiger partial charge in [-0.15, -0.1) is 0 Å². The number of nitrogens with two attached hydrogens (primary N) is 1. The number of hydrogen-bond donors (Lipinski definition) is 2. The summed E-state index contributed by atoms with van der Waals surface area (Å²) in [5.74, 6) is -0.313. The van der Waals surface area contributed by atoms with E-state index in [0.717, 1.165) is 5.56 Å². The maximum Gasteiger partial charge on any atom is 0.125 e. The molecule has 0 bridgehead atoms. The van der Waals surface area contributed by atoms with Crippen molar-refractivity contribution in [3.8, 4) is 0 Å². The van der Waals surface area contributed by atoms with Crippen LogP contribution in [0.5, 0.6) is 0 Å². The molecule has 0 aliphatic carbocycles. The predicted molar refractivity (Wildman–Crippen MR) is 81.8 cm³/mol. The molecule has 0 unspecified atom stereocenters. The number of rotatable bonds is 3. The highest BCUT2D eigenvalue weighted by Gasteiger charge is 2.11. The molecule has 0 radical (unpaired) electrons. The van der Waals surface area contributed by atoms with Gasteiger partial charge in [0.2, 0.25) is 0 Å². The summed E-state index contributed by atoms with van der Waals surface area (Å²) in [6, 6.07) is 9.81. The fourth-order valence-electron chi connectivity index (χ4n) is 1.75. The minimum Gasteiger partial charge on any atom is -0.389 e. The van der Waals surface area contributed by atoms with E-state index >= 15 is 0 Å². The van der Waals surface area contributed by atoms with Gasteiger partial charge in [0.25, 0.3) is 0 Å². The van der Waals surface area contributed by atoms with E-state index in [-0.39, 0.29) is 10.8 Å². The van der Waals surface area contributed by atoms with Crippen LogP contribution in [0.1, 0.15) is 11.1 Å². The summed E-state index contributed by atoms with van der Waals surface area (Å²) in [7, 11) is 0. The number of nitrogens with one attached hydrogen (secondary N) is 1. The number of hydrogen-bond acceptors (Lipinski definition) is 2. The van der Waals surface area contributed by atoms with Crippen LogP contribution >= 0.6 is 23.8 Å². The Morgan fingerprint density at radius 1 is 1.26 bits per heavy atom. The van der Waals surface area contributed by atoms with Crippen molar-refractivity contribution in [1.82, 2.24) is 0 Å². The Balaban J connectivity index is 2.46. The number of halogens is 2. The fourth-order valence-corrected chi connectivity index (χ4v) is 2.30. The number of thiocarbonyl (C=S) groups is 1. The maximum atomic E-state index is 13.3. The first-order valence-electron chi connectivity index (χ1n) is 5.60. The van der Waals surface area contributed by atoms with Crippen LogP contribution in [0, 0.1) is 12.7 Å². The molecule has 0 spiro atoms. The highest BCUT2D eigenvalue weighted by atomic mass is 35.5. The Kier molecular flexibility index (Phi) is 4.02. The van der Waals surface area contributed by atoms with E-state index < -0.39 is 0 Å². The Morgan fingerprint density at radius 2 is 2.00 bits per heavy atom. The molecule has 5 heteroatoms. The maximum absolute atomic E-state index is 13.3. The van der Waals surface area contributed by atoms with Gasteiger partial charge in [0.1, 0.15) is 10.8 Å². The van der Waals surface area contributed by atoms with Crippen LogP contribution in [0.4, 0.5) is 15.8 Å². The Bertz CT molecular complexity index is 643. The summed E-state index contributed by atoms with van der Waals surface area (Å²) < 4.78 is 13.3. The van der Waals surface area contributed by atoms with Crippen molar-refractivity contribution in [3.05, 3.63) is 58.4 Å². The first-order valence-corrected chi connectivity index (χ1v) is 6.39. The topological polar surface area (TPSA) is 38.0 Å². The van der Waals surface area contributed by atoms with Gasteiger partial charge in [-0.1, -0.05) is 36.0 Å². The molecule has 0 aliphatic heterocycles. The zero-order valence-electron chi connectivity index (χ0n) is 10.2. The summed E-state index contributed by atoms with van der Waals surface area (Å²) in [5.41, 5.74) is 8.45. The lowest BCUT2D eigenvalue weighted by Gasteiger charge is -2.14. The molecule has 0 saturated carbocycles. The lowest BCUT2D eigenvalue weighted by Crippen LogP contribution is -2.12. The largest absolute Gasteiger partial charge is 0.389 e. The van der Waals surface area contributed by atoms with Gasteiger partial charge < -0.3 is 11.1 Å². The van der Waals surface area contributed by atoms with Crippen LogP contribution in [0.3, 0.4) is 0 Å². The monoisotopic (exact) mass is 294 g/mol. The zero-order valence-corrected chi connectivity index (χ0v) is 11.8. The molecule has 98 valence electrons. The molecule has 2 nitrogen and oxygen atoms in total. The third-order valence-electron chi connectivity index (χ3n) is 2.73. The number of aryl methyl sites for hydroxylation is 1. The Morgan fingerprint density at radius 3 is 2.68 bits per heavy atom. The van der Waals surface area contributed by atoms with Gasteiger partial charge in [-0.2, -0.15) is 0 Å². The van der Waals surface area contributed by atoms with Crippen molar-refractivity contribution in [1.29, 1.82) is 0 Å². The third-order valence-corrected chi connectivity index (χ3v) is 3.25. The van der Waals surface area contributed by atoms with Gasteiger partial charge in [-0.3, -0.25) is 0 Å². The van der Waals surface area contributed by atoms with Crippen molar-refractivity contribution in [2.24, 2.45) is 5.73 Å². The van der Waals surface area contributed by atoms with Crippen molar-refractivity contribution < 1.29 is 4.39 Å². The van der Waals surface area contributed by atoms with Crippen molar-refractivity contribution >= 4 is 40.2 Å². The van der Waals surface area contributed by atoms with E-state index in [4.69, 9.17) is 29.6 Å². The van der Waals surface area contributed by atoms with Crippen molar-refractivity contribution in [3.63, 3.8) is 0 Å². The summed E-state index contributed by atoms with van der Waals surface area (Å²) in [6.07, 6.45) is 0. The first kappa shape index (κ1) is 13.8. The molecule has 0 aliphatic rings. The molecule has 0 saturated heterocycles. The van der Waals surface area contributed by atoms with Gasteiger partial charge in [0.15, 0.2) is 0 Å². The van der Waals surface area contributed by atoms with Gasteiger partial charge in [-0.25, -0.2) is 4.39 Å². The molecule has 0 aromatic heterocycles. The van der Waals surface area contributed by atoms with Crippen LogP contribution in [0.2, 0.25) is 5.02 Å². The summed E-state index contributed by atoms with van der Waals surface area (Å²) in [5, 5.41) is 3.58. The second-order valence-electron chi connectivity index (χ2n) is 4.11. The summed E-state index contributed by atoms with van der Waals surface area (Å²) >= 11 is 11.1. The predicted octanol–water partition coefficient (Wildman–Crippen LogP) is 4.17. The van der Waals surface area contributed by atoms with E-state index in [1.165, 1.54) is 12.1 Å². The molecule has 0 amide bonds. The van der Waals surface area contributed by atoms with Gasteiger partial charge in [0.05, 0.1) is 16.3 Å². The summed E-state index contributed by atoms with van der Waals surface area (Å²) in [4.78, 5) is 0.196. The normalized spacial score (nSPS) is 10.3. The van der Waals surface area contributed by atoms with E-state index in [1.54, 1.807) is 24.3 Å². The molecule has 0 atom stereocenters. The molecule has 19 heavy (non-hydrogen) atoms. The van der Waals surface area contributed by atoms with Crippen LogP contribution < -0.4 is 11.1 Å². The highest BCUT2D eigenvalue weighted by molar-refractivity contribution is 7.80. The van der Waals surface area contributed by atoms with E-state index in [0.29, 0.717) is 22.0 Å². The number of anilines is 2. The van der Waals surface area contributed by atoms with Gasteiger partial charge >= 0.3 is 0 Å². The minimum absolute atomic E-state index is 0.196. The first-order chi connectivity index (χ1) is 8.99. The third kappa shape index (κ3) is 3.03. The molecule has 0 heterocycles. The highest BCUT2D eigenvalue weighted by Crippen LogP contribution is 2.28. The number of benzene rings is 2. The van der Waals surface area contributed by atoms with Gasteiger partial charge in [-0.05, 0) is 36.8 Å². The van der Waals surface area contributed by atoms with Crippen LogP contribution in [0.25, 0.3) is 0 Å². The van der Waals surface area contributed by atoms with E-state index in [2.05, 4.69) is 5.32 Å². The second-order valence-corrected chi connectivity index (χ2v) is 4.96. The second kappa shape index (κ2) is 5.55. The SMILES string of the molecule is Cc1ccc(F)cc1Nc1cccc(Cl)c1C(N)=S. The zero-order chi connectivity index (χ0) is 14.0. The average Bonchev–Trinajstić information content (AvgIpc) is 2.33. The molecule has 2 aromatic carbocycles. The fraction of sp³-hybridized carbons (Fsp3) is 0.0714. The molecule has 2 rings (SSSR count). The van der Waals surface area contributed by atoms with E-state index in [9.17, 15) is 4.39 Å². The lowest BCUT2D eigenvalue weighted by molar-refractivity contribution is 0.628. The van der Waals surface area contributed by atoms with Crippen LogP contribution in [0.15, 0.2) is 36.4 Å². The van der Waals surface area contributed by atoms with Crippen molar-refractivity contribution in [2.45, 2.75) is 6.92 Å². The molecular formula is C14H12ClFN2S. The quantitative estimate of drug-likeness (QED) is 0.835. The van der Waals surface area contributed by atoms with Crippen LogP contribution in [-0.4, -0.2) is 4.99 Å². The summed E-state index contributed by atoms with van der Waals surface area (Å²) in [6.45, 7) is 1.88. The molecular weight excluding hydrogens is 283 g/mol. The van der Waals surface area contributed by atoms with Gasteiger partial charge in [0, 0.05) is 5.69 Å². The van der Waals surface area contributed by atoms with Crippen molar-refractivity contribution in [2.75, 3.05) is 5.32 Å². The Labute approximate surface area is 121 Å². The molecule has 2 aromatic rings. The molecule has 3 N–H and O–H groups in total. The standard InChI is InChI=1S/C14H12ClFN2S/c1-8-5-6-9(16)7-12(8)18-11-4-2-3-10(15)13(11)14(17)19/h2-7,18H,1H3,(H2,17,19). The van der Waals surface area contributed by atoms with E-state index in [1.807, 2.05) is 6.92 Å². The van der Waals surface area contributed by atoms with Crippen LogP contribution in [-0.2, 0) is 0 Å². The molecule has 0 fully saturated rings.